The molecule has 0 saturated carbocycles. The fourth-order valence-corrected chi connectivity index (χ4v) is 3.88. The summed E-state index contributed by atoms with van der Waals surface area (Å²) in [4.78, 5) is 13.1. The van der Waals surface area contributed by atoms with Crippen LogP contribution in [-0.2, 0) is 0 Å². The number of rotatable bonds is 4. The molecule has 4 aromatic rings. The molecule has 116 valence electrons. The topological polar surface area (TPSA) is 63.8 Å². The highest BCUT2D eigenvalue weighted by molar-refractivity contribution is 8.00. The van der Waals surface area contributed by atoms with E-state index in [4.69, 9.17) is 4.42 Å². The van der Waals surface area contributed by atoms with Crippen LogP contribution in [0.5, 0.6) is 0 Å². The molecular weight excluding hydrogens is 328 g/mol. The van der Waals surface area contributed by atoms with Crippen molar-refractivity contribution in [1.29, 1.82) is 0 Å². The minimum absolute atomic E-state index is 0.000305. The number of nitrogens with zero attached hydrogens (tertiary/aromatic N) is 3. The van der Waals surface area contributed by atoms with Gasteiger partial charge in [0.2, 0.25) is 0 Å². The normalized spacial score (nSPS) is 12.8. The zero-order valence-corrected chi connectivity index (χ0v) is 14.2. The second-order valence-corrected chi connectivity index (χ2v) is 7.16. The summed E-state index contributed by atoms with van der Waals surface area (Å²) in [5, 5.41) is 4.52. The van der Waals surface area contributed by atoms with E-state index in [1.807, 2.05) is 30.5 Å². The van der Waals surface area contributed by atoms with E-state index >= 15 is 0 Å². The van der Waals surface area contributed by atoms with Crippen molar-refractivity contribution in [2.45, 2.75) is 17.3 Å². The zero-order valence-electron chi connectivity index (χ0n) is 12.6. The quantitative estimate of drug-likeness (QED) is 0.541. The van der Waals surface area contributed by atoms with Gasteiger partial charge in [0.15, 0.2) is 9.99 Å². The molecule has 0 amide bonds. The van der Waals surface area contributed by atoms with E-state index in [2.05, 4.69) is 33.3 Å². The predicted octanol–water partition coefficient (Wildman–Crippen LogP) is 4.73. The molecule has 1 aromatic carbocycles. The van der Waals surface area contributed by atoms with Crippen LogP contribution in [0.1, 0.15) is 18.7 Å². The van der Waals surface area contributed by atoms with Crippen molar-refractivity contribution in [3.63, 3.8) is 0 Å². The third-order valence-corrected chi connectivity index (χ3v) is 5.61. The van der Waals surface area contributed by atoms with Crippen LogP contribution >= 0.6 is 23.1 Å². The summed E-state index contributed by atoms with van der Waals surface area (Å²) in [6.07, 6.45) is 3.55. The number of anilines is 1. The summed E-state index contributed by atoms with van der Waals surface area (Å²) >= 11 is 3.21. The van der Waals surface area contributed by atoms with Gasteiger partial charge in [-0.2, -0.15) is 0 Å². The van der Waals surface area contributed by atoms with Crippen molar-refractivity contribution in [3.8, 4) is 0 Å². The number of aromatic nitrogens is 3. The lowest BCUT2D eigenvalue weighted by molar-refractivity contribution is 0.526. The van der Waals surface area contributed by atoms with Gasteiger partial charge < -0.3 is 9.73 Å². The Morgan fingerprint density at radius 3 is 2.96 bits per heavy atom. The molecule has 7 heteroatoms. The maximum atomic E-state index is 5.92. The molecule has 0 radical (unpaired) electrons. The van der Waals surface area contributed by atoms with Gasteiger partial charge in [-0.3, -0.25) is 0 Å². The van der Waals surface area contributed by atoms with Crippen LogP contribution in [0, 0.1) is 0 Å². The molecule has 3 aromatic heterocycles. The van der Waals surface area contributed by atoms with E-state index in [-0.39, 0.29) is 6.04 Å². The first-order chi connectivity index (χ1) is 11.2. The largest absolute Gasteiger partial charge is 0.459 e. The van der Waals surface area contributed by atoms with E-state index in [0.717, 1.165) is 37.2 Å². The van der Waals surface area contributed by atoms with Crippen LogP contribution in [0.4, 0.5) is 5.82 Å². The fourth-order valence-electron chi connectivity index (χ4n) is 2.42. The number of para-hydroxylation sites is 1. The van der Waals surface area contributed by atoms with E-state index in [1.54, 1.807) is 29.4 Å². The maximum absolute atomic E-state index is 5.92. The van der Waals surface area contributed by atoms with Gasteiger partial charge in [0.1, 0.15) is 28.2 Å². The van der Waals surface area contributed by atoms with Crippen LogP contribution in [0.3, 0.4) is 0 Å². The minimum Gasteiger partial charge on any atom is -0.459 e. The monoisotopic (exact) mass is 342 g/mol. The molecule has 0 aliphatic rings. The number of hydrogen-bond acceptors (Lipinski definition) is 7. The highest BCUT2D eigenvalue weighted by atomic mass is 32.2. The highest BCUT2D eigenvalue weighted by Crippen LogP contribution is 2.33. The molecule has 4 rings (SSSR count). The second kappa shape index (κ2) is 5.82. The van der Waals surface area contributed by atoms with Crippen LogP contribution in [0.15, 0.2) is 45.4 Å². The Labute approximate surface area is 141 Å². The molecule has 1 atom stereocenters. The van der Waals surface area contributed by atoms with Gasteiger partial charge in [-0.25, -0.2) is 15.0 Å². The molecule has 3 heterocycles. The van der Waals surface area contributed by atoms with E-state index in [0.29, 0.717) is 0 Å². The summed E-state index contributed by atoms with van der Waals surface area (Å²) in [6, 6.07) is 10.1. The molecule has 23 heavy (non-hydrogen) atoms. The molecular formula is C16H14N4OS2. The number of thioether (sulfide) groups is 1. The first-order valence-corrected chi connectivity index (χ1v) is 9.19. The SMILES string of the molecule is CSc1nc2ncnc(N[C@H](C)c3cc4ccccc4o3)c2s1. The van der Waals surface area contributed by atoms with Crippen LogP contribution < -0.4 is 5.32 Å². The summed E-state index contributed by atoms with van der Waals surface area (Å²) < 4.78 is 7.88. The number of benzene rings is 1. The maximum Gasteiger partial charge on any atom is 0.176 e. The van der Waals surface area contributed by atoms with E-state index in [1.165, 1.54) is 0 Å². The summed E-state index contributed by atoms with van der Waals surface area (Å²) in [6.45, 7) is 2.06. The van der Waals surface area contributed by atoms with Gasteiger partial charge in [0, 0.05) is 5.39 Å². The van der Waals surface area contributed by atoms with Crippen molar-refractivity contribution in [2.24, 2.45) is 0 Å². The lowest BCUT2D eigenvalue weighted by atomic mass is 10.2. The summed E-state index contributed by atoms with van der Waals surface area (Å²) in [7, 11) is 0. The van der Waals surface area contributed by atoms with E-state index in [9.17, 15) is 0 Å². The highest BCUT2D eigenvalue weighted by Gasteiger charge is 2.15. The molecule has 1 N–H and O–H groups in total. The third kappa shape index (κ3) is 2.66. The van der Waals surface area contributed by atoms with Crippen molar-refractivity contribution >= 4 is 50.2 Å². The van der Waals surface area contributed by atoms with Gasteiger partial charge >= 0.3 is 0 Å². The standard InChI is InChI=1S/C16H14N4OS2/c1-9(12-7-10-5-3-4-6-11(10)21-12)19-14-13-15(18-8-17-14)20-16(22-2)23-13/h3-9H,1-2H3,(H,17,18,19)/t9-/m1/s1. The van der Waals surface area contributed by atoms with Crippen molar-refractivity contribution in [2.75, 3.05) is 11.6 Å². The van der Waals surface area contributed by atoms with Crippen molar-refractivity contribution in [3.05, 3.63) is 42.4 Å². The Balaban J connectivity index is 1.68. The average molecular weight is 342 g/mol. The van der Waals surface area contributed by atoms with Crippen LogP contribution in [0.25, 0.3) is 21.3 Å². The summed E-state index contributed by atoms with van der Waals surface area (Å²) in [5.74, 6) is 1.67. The predicted molar refractivity (Wildman–Crippen MR) is 95.2 cm³/mol. The molecule has 5 nitrogen and oxygen atoms in total. The smallest absolute Gasteiger partial charge is 0.176 e. The second-order valence-electron chi connectivity index (χ2n) is 5.11. The van der Waals surface area contributed by atoms with Gasteiger partial charge in [-0.1, -0.05) is 30.0 Å². The van der Waals surface area contributed by atoms with Crippen molar-refractivity contribution in [1.82, 2.24) is 15.0 Å². The molecule has 0 aliphatic carbocycles. The zero-order chi connectivity index (χ0) is 15.8. The molecule has 0 unspecified atom stereocenters. The first kappa shape index (κ1) is 14.5. The number of furan rings is 1. The van der Waals surface area contributed by atoms with Gasteiger partial charge in [-0.05, 0) is 25.3 Å². The molecule has 0 fully saturated rings. The average Bonchev–Trinajstić information content (AvgIpc) is 3.19. The lowest BCUT2D eigenvalue weighted by Crippen LogP contribution is -2.07. The Bertz CT molecular complexity index is 945. The molecule has 0 aliphatic heterocycles. The minimum atomic E-state index is 0.000305. The molecule has 0 bridgehead atoms. The third-order valence-electron chi connectivity index (χ3n) is 3.57. The van der Waals surface area contributed by atoms with Crippen molar-refractivity contribution < 1.29 is 4.42 Å². The fraction of sp³-hybridized carbons (Fsp3) is 0.188. The van der Waals surface area contributed by atoms with Crippen LogP contribution in [-0.4, -0.2) is 21.2 Å². The number of thiazole rings is 1. The number of nitrogens with one attached hydrogen (secondary N) is 1. The summed E-state index contributed by atoms with van der Waals surface area (Å²) in [5.41, 5.74) is 1.63. The Kier molecular flexibility index (Phi) is 3.66. The van der Waals surface area contributed by atoms with E-state index < -0.39 is 0 Å². The first-order valence-electron chi connectivity index (χ1n) is 7.15. The van der Waals surface area contributed by atoms with Gasteiger partial charge in [0.25, 0.3) is 0 Å². The van der Waals surface area contributed by atoms with Gasteiger partial charge in [-0.15, -0.1) is 11.3 Å². The Morgan fingerprint density at radius 1 is 1.26 bits per heavy atom. The Morgan fingerprint density at radius 2 is 2.13 bits per heavy atom. The van der Waals surface area contributed by atoms with Crippen LogP contribution in [0.2, 0.25) is 0 Å². The molecule has 0 spiro atoms. The molecule has 0 saturated heterocycles. The number of hydrogen-bond donors (Lipinski definition) is 1. The Hall–Kier alpha value is -2.12. The van der Waals surface area contributed by atoms with Gasteiger partial charge in [0.05, 0.1) is 6.04 Å². The number of fused-ring (bicyclic) bond motifs is 2. The lowest BCUT2D eigenvalue weighted by Gasteiger charge is -2.11.